The zero-order valence-corrected chi connectivity index (χ0v) is 41.8. The molecule has 6 heterocycles. The largest absolute Gasteiger partial charge is 0.488 e. The minimum Gasteiger partial charge on any atom is -0.488 e. The Labute approximate surface area is 425 Å². The summed E-state index contributed by atoms with van der Waals surface area (Å²) < 4.78 is 23.3. The van der Waals surface area contributed by atoms with Gasteiger partial charge in [-0.3, -0.25) is 19.2 Å². The number of likely N-dealkylation sites (tertiary alicyclic amines) is 2. The second kappa shape index (κ2) is 21.8. The van der Waals surface area contributed by atoms with Gasteiger partial charge in [0.15, 0.2) is 0 Å². The summed E-state index contributed by atoms with van der Waals surface area (Å²) in [5.41, 5.74) is 9.84. The van der Waals surface area contributed by atoms with Gasteiger partial charge in [0.1, 0.15) is 48.4 Å². The van der Waals surface area contributed by atoms with E-state index in [9.17, 15) is 19.2 Å². The minimum atomic E-state index is -0.939. The van der Waals surface area contributed by atoms with Gasteiger partial charge in [-0.2, -0.15) is 0 Å². The standard InChI is InChI=1S/C57H64N8O8/c1-5-6-7-11-34(2)52(62-48(66)20-24-70-3)56(68)64-22-9-14-44(64)54-58-30-42(60-54)38-26-40-32-73-47-29-39(27-41-33-72-46(28-38)50(40)51(41)47)43-31-59-55(61-43)45-15-10-23-65(45)57(69)53(63-49(67)21-25-71-4)37-18-16-36(17-19-37)35-12-8-13-35/h5-7,11,16-19,26-31,35,44-45,52-53H,2,8-10,12-15,20-25,32-33H2,1,3-4H3,(H,58,60)(H,59,61)(H,62,66)(H,63,67)/b6-5-,11-7-/t44-,45-,52+,53+/m0/s1. The number of rotatable bonds is 19. The molecule has 16 nitrogen and oxygen atoms in total. The van der Waals surface area contributed by atoms with Gasteiger partial charge in [-0.25, -0.2) is 9.97 Å². The molecule has 0 unspecified atom stereocenters. The molecule has 0 radical (unpaired) electrons. The molecule has 5 aromatic rings. The molecule has 10 rings (SSSR count). The van der Waals surface area contributed by atoms with E-state index in [0.29, 0.717) is 55.9 Å². The topological polar surface area (TPSA) is 193 Å². The maximum Gasteiger partial charge on any atom is 0.250 e. The van der Waals surface area contributed by atoms with E-state index in [-0.39, 0.29) is 61.8 Å². The number of nitrogens with zero attached hydrogens (tertiary/aromatic N) is 4. The van der Waals surface area contributed by atoms with E-state index in [4.69, 9.17) is 28.9 Å². The Balaban J connectivity index is 0.854. The zero-order valence-electron chi connectivity index (χ0n) is 41.8. The third kappa shape index (κ3) is 10.2. The highest BCUT2D eigenvalue weighted by Gasteiger charge is 2.39. The fourth-order valence-corrected chi connectivity index (χ4v) is 10.8. The van der Waals surface area contributed by atoms with Crippen molar-refractivity contribution in [3.05, 3.63) is 131 Å². The van der Waals surface area contributed by atoms with Gasteiger partial charge in [-0.05, 0) is 92.3 Å². The van der Waals surface area contributed by atoms with E-state index in [1.54, 1.807) is 30.4 Å². The van der Waals surface area contributed by atoms with Crippen LogP contribution in [-0.4, -0.2) is 99.9 Å². The number of H-pyrrole nitrogens is 2. The number of nitrogens with one attached hydrogen (secondary N) is 4. The number of carbonyl (C=O) groups excluding carboxylic acids is 4. The molecular formula is C57H64N8O8. The first-order valence-corrected chi connectivity index (χ1v) is 25.6. The van der Waals surface area contributed by atoms with Gasteiger partial charge in [-0.1, -0.05) is 61.6 Å². The van der Waals surface area contributed by atoms with E-state index in [1.165, 1.54) is 31.9 Å². The lowest BCUT2D eigenvalue weighted by molar-refractivity contribution is -0.137. The summed E-state index contributed by atoms with van der Waals surface area (Å²) in [4.78, 5) is 75.1. The van der Waals surface area contributed by atoms with Crippen molar-refractivity contribution >= 4 is 23.6 Å². The molecule has 2 saturated heterocycles. The van der Waals surface area contributed by atoms with Crippen molar-refractivity contribution in [3.63, 3.8) is 0 Å². The second-order valence-electron chi connectivity index (χ2n) is 19.6. The third-order valence-corrected chi connectivity index (χ3v) is 14.9. The lowest BCUT2D eigenvalue weighted by Gasteiger charge is -2.30. The van der Waals surface area contributed by atoms with Crippen LogP contribution in [0, 0.1) is 0 Å². The summed E-state index contributed by atoms with van der Waals surface area (Å²) in [6, 6.07) is 14.1. The molecule has 3 fully saturated rings. The summed E-state index contributed by atoms with van der Waals surface area (Å²) >= 11 is 0. The summed E-state index contributed by atoms with van der Waals surface area (Å²) in [5.74, 6) is 2.48. The third-order valence-electron chi connectivity index (χ3n) is 14.9. The second-order valence-corrected chi connectivity index (χ2v) is 19.6. The SMILES string of the molecule is C=C(/C=C\C=C/C)[C@@H](NC(=O)CCOC)C(=O)N1CCC[C@H]1c1ncc(-c2cc3c4c(c2)OCc2cc(-c5cnc([C@@H]6CCCN6C(=O)[C@H](NC(=O)CCOC)c6ccc(C7CCC7)cc6)[nH]5)cc(c2-4)OC3)[nH]1. The number of amides is 4. The highest BCUT2D eigenvalue weighted by Crippen LogP contribution is 2.51. The Bertz CT molecular complexity index is 2900. The molecular weight excluding hydrogens is 925 g/mol. The lowest BCUT2D eigenvalue weighted by atomic mass is 9.80. The van der Waals surface area contributed by atoms with Crippen molar-refractivity contribution < 1.29 is 38.1 Å². The maximum atomic E-state index is 14.5. The van der Waals surface area contributed by atoms with Crippen LogP contribution in [0.3, 0.4) is 0 Å². The Morgan fingerprint density at radius 1 is 0.740 bits per heavy atom. The lowest BCUT2D eigenvalue weighted by Crippen LogP contribution is -2.49. The Morgan fingerprint density at radius 2 is 1.29 bits per heavy atom. The summed E-state index contributed by atoms with van der Waals surface area (Å²) in [6.07, 6.45) is 17.8. The Morgan fingerprint density at radius 3 is 1.81 bits per heavy atom. The molecule has 4 N–H and O–H groups in total. The minimum absolute atomic E-state index is 0.124. The van der Waals surface area contributed by atoms with Crippen LogP contribution < -0.4 is 20.1 Å². The van der Waals surface area contributed by atoms with Gasteiger partial charge < -0.3 is 49.3 Å². The molecule has 0 spiro atoms. The highest BCUT2D eigenvalue weighted by molar-refractivity contribution is 5.92. The van der Waals surface area contributed by atoms with Gasteiger partial charge in [0.2, 0.25) is 23.6 Å². The number of ether oxygens (including phenoxy) is 4. The number of carbonyl (C=O) groups is 4. The Hall–Kier alpha value is -7.30. The van der Waals surface area contributed by atoms with E-state index >= 15 is 0 Å². The summed E-state index contributed by atoms with van der Waals surface area (Å²) in [5, 5.41) is 5.92. The predicted molar refractivity (Wildman–Crippen MR) is 275 cm³/mol. The molecule has 2 aromatic heterocycles. The number of methoxy groups -OCH3 is 2. The summed E-state index contributed by atoms with van der Waals surface area (Å²) in [6.45, 7) is 8.27. The molecule has 4 amide bonds. The molecule has 16 heteroatoms. The van der Waals surface area contributed by atoms with Crippen LogP contribution in [0.1, 0.15) is 123 Å². The highest BCUT2D eigenvalue weighted by atomic mass is 16.5. The van der Waals surface area contributed by atoms with Crippen LogP contribution in [0.5, 0.6) is 11.5 Å². The van der Waals surface area contributed by atoms with Crippen LogP contribution in [0.25, 0.3) is 33.6 Å². The number of imidazole rings is 2. The molecule has 380 valence electrons. The monoisotopic (exact) mass is 988 g/mol. The quantitative estimate of drug-likeness (QED) is 0.0583. The van der Waals surface area contributed by atoms with Crippen LogP contribution in [0.2, 0.25) is 0 Å². The van der Waals surface area contributed by atoms with Gasteiger partial charge in [-0.15, -0.1) is 0 Å². The maximum absolute atomic E-state index is 14.5. The molecule has 3 aromatic carbocycles. The van der Waals surface area contributed by atoms with E-state index in [1.807, 2.05) is 54.4 Å². The molecule has 4 atom stereocenters. The van der Waals surface area contributed by atoms with Crippen LogP contribution in [0.4, 0.5) is 0 Å². The van der Waals surface area contributed by atoms with E-state index in [2.05, 4.69) is 51.4 Å². The number of hydrogen-bond acceptors (Lipinski definition) is 10. The first-order valence-electron chi connectivity index (χ1n) is 25.6. The van der Waals surface area contributed by atoms with Crippen molar-refractivity contribution in [2.75, 3.05) is 40.5 Å². The Kier molecular flexibility index (Phi) is 14.7. The van der Waals surface area contributed by atoms with Crippen LogP contribution >= 0.6 is 0 Å². The van der Waals surface area contributed by atoms with E-state index in [0.717, 1.165) is 81.1 Å². The van der Waals surface area contributed by atoms with Gasteiger partial charge in [0.05, 0.1) is 49.1 Å². The number of allylic oxidation sites excluding steroid dienone is 3. The average molecular weight is 989 g/mol. The van der Waals surface area contributed by atoms with Gasteiger partial charge >= 0.3 is 0 Å². The fraction of sp³-hybridized carbons (Fsp3) is 0.404. The molecule has 0 bridgehead atoms. The normalized spacial score (nSPS) is 18.8. The number of aromatic nitrogens is 4. The first kappa shape index (κ1) is 49.3. The molecule has 1 aliphatic carbocycles. The van der Waals surface area contributed by atoms with Crippen molar-refractivity contribution in [2.24, 2.45) is 0 Å². The van der Waals surface area contributed by atoms with Crippen molar-refractivity contribution in [3.8, 4) is 45.1 Å². The first-order chi connectivity index (χ1) is 35.6. The molecule has 5 aliphatic rings. The average Bonchev–Trinajstić information content (AvgIpc) is 4.25. The molecule has 1 saturated carbocycles. The van der Waals surface area contributed by atoms with Crippen LogP contribution in [0.15, 0.2) is 97.4 Å². The van der Waals surface area contributed by atoms with Gasteiger partial charge in [0, 0.05) is 73.5 Å². The number of aromatic amines is 2. The summed E-state index contributed by atoms with van der Waals surface area (Å²) in [7, 11) is 3.09. The van der Waals surface area contributed by atoms with Crippen molar-refractivity contribution in [1.82, 2.24) is 40.4 Å². The molecule has 4 aliphatic heterocycles. The smallest absolute Gasteiger partial charge is 0.250 e. The van der Waals surface area contributed by atoms with Crippen molar-refractivity contribution in [1.29, 1.82) is 0 Å². The van der Waals surface area contributed by atoms with Gasteiger partial charge in [0.25, 0.3) is 0 Å². The fourth-order valence-electron chi connectivity index (χ4n) is 10.8. The van der Waals surface area contributed by atoms with Crippen molar-refractivity contribution in [2.45, 2.75) is 108 Å². The van der Waals surface area contributed by atoms with Crippen LogP contribution in [-0.2, 0) is 41.9 Å². The number of hydrogen-bond donors (Lipinski definition) is 4. The zero-order chi connectivity index (χ0) is 50.6. The number of benzene rings is 3. The van der Waals surface area contributed by atoms with E-state index < -0.39 is 12.1 Å². The predicted octanol–water partition coefficient (Wildman–Crippen LogP) is 8.62. The molecule has 73 heavy (non-hydrogen) atoms.